The molecular weight excluding hydrogens is 308 g/mol. The van der Waals surface area contributed by atoms with Crippen LogP contribution in [0.15, 0.2) is 23.4 Å². The van der Waals surface area contributed by atoms with E-state index >= 15 is 0 Å². The first-order chi connectivity index (χ1) is 10.1. The van der Waals surface area contributed by atoms with Crippen molar-refractivity contribution in [2.24, 2.45) is 0 Å². The van der Waals surface area contributed by atoms with Crippen molar-refractivity contribution < 1.29 is 9.90 Å². The van der Waals surface area contributed by atoms with Crippen molar-refractivity contribution >= 4 is 29.3 Å². The first kappa shape index (κ1) is 16.6. The maximum absolute atomic E-state index is 11.7. The molecule has 0 aliphatic heterocycles. The molecule has 0 saturated heterocycles. The molecule has 1 fully saturated rings. The molecule has 6 heteroatoms. The van der Waals surface area contributed by atoms with Crippen LogP contribution in [0.2, 0.25) is 5.02 Å². The highest BCUT2D eigenvalue weighted by Gasteiger charge is 2.42. The van der Waals surface area contributed by atoms with Crippen LogP contribution in [0.5, 0.6) is 0 Å². The van der Waals surface area contributed by atoms with Gasteiger partial charge < -0.3 is 10.4 Å². The Morgan fingerprint density at radius 2 is 2.43 bits per heavy atom. The number of halogens is 1. The molecule has 0 spiro atoms. The van der Waals surface area contributed by atoms with E-state index in [1.54, 1.807) is 18.0 Å². The Hall–Kier alpha value is -0.780. The number of nitrogens with one attached hydrogen (secondary N) is 1. The zero-order valence-corrected chi connectivity index (χ0v) is 13.7. The second-order valence-corrected chi connectivity index (χ2v) is 7.22. The van der Waals surface area contributed by atoms with E-state index in [1.807, 2.05) is 12.1 Å². The van der Waals surface area contributed by atoms with Gasteiger partial charge in [-0.25, -0.2) is 4.98 Å². The van der Waals surface area contributed by atoms with E-state index in [2.05, 4.69) is 17.2 Å². The van der Waals surface area contributed by atoms with Gasteiger partial charge in [0.25, 0.3) is 0 Å². The number of rotatable bonds is 6. The normalized spacial score (nSPS) is 25.7. The summed E-state index contributed by atoms with van der Waals surface area (Å²) in [4.78, 5) is 16.0. The maximum atomic E-state index is 11.7. The number of carboxylic acids is 1. The lowest BCUT2D eigenvalue weighted by Gasteiger charge is -2.38. The first-order valence-corrected chi connectivity index (χ1v) is 8.58. The molecule has 1 aliphatic rings. The van der Waals surface area contributed by atoms with Gasteiger partial charge in [-0.1, -0.05) is 18.5 Å². The summed E-state index contributed by atoms with van der Waals surface area (Å²) >= 11 is 7.49. The molecule has 1 aromatic rings. The van der Waals surface area contributed by atoms with E-state index in [0.29, 0.717) is 17.9 Å². The summed E-state index contributed by atoms with van der Waals surface area (Å²) in [7, 11) is 0. The molecule has 2 rings (SSSR count). The van der Waals surface area contributed by atoms with E-state index in [-0.39, 0.29) is 5.25 Å². The fourth-order valence-electron chi connectivity index (χ4n) is 2.72. The molecule has 2 unspecified atom stereocenters. The van der Waals surface area contributed by atoms with E-state index < -0.39 is 11.5 Å². The van der Waals surface area contributed by atoms with Gasteiger partial charge >= 0.3 is 5.97 Å². The van der Waals surface area contributed by atoms with Crippen LogP contribution in [0.1, 0.15) is 39.0 Å². The second kappa shape index (κ2) is 7.47. The molecule has 1 saturated carbocycles. The number of carbonyl (C=O) groups is 1. The van der Waals surface area contributed by atoms with Gasteiger partial charge in [0.2, 0.25) is 0 Å². The van der Waals surface area contributed by atoms with Crippen LogP contribution in [-0.2, 0) is 4.79 Å². The Morgan fingerprint density at radius 3 is 3.05 bits per heavy atom. The van der Waals surface area contributed by atoms with Gasteiger partial charge in [0.05, 0.1) is 10.0 Å². The van der Waals surface area contributed by atoms with E-state index in [0.717, 1.165) is 30.8 Å². The first-order valence-electron chi connectivity index (χ1n) is 7.32. The summed E-state index contributed by atoms with van der Waals surface area (Å²) in [5.41, 5.74) is -0.779. The van der Waals surface area contributed by atoms with Crippen LogP contribution < -0.4 is 5.32 Å². The van der Waals surface area contributed by atoms with Crippen LogP contribution in [0.3, 0.4) is 0 Å². The van der Waals surface area contributed by atoms with Crippen molar-refractivity contribution in [1.82, 2.24) is 10.3 Å². The Kier molecular flexibility index (Phi) is 5.90. The van der Waals surface area contributed by atoms with Crippen LogP contribution in [0.4, 0.5) is 0 Å². The third kappa shape index (κ3) is 4.34. The largest absolute Gasteiger partial charge is 0.480 e. The fraction of sp³-hybridized carbons (Fsp3) is 0.600. The lowest BCUT2D eigenvalue weighted by Crippen LogP contribution is -2.55. The van der Waals surface area contributed by atoms with E-state index in [9.17, 15) is 9.90 Å². The highest BCUT2D eigenvalue weighted by molar-refractivity contribution is 7.99. The van der Waals surface area contributed by atoms with Crippen molar-refractivity contribution in [3.05, 3.63) is 23.4 Å². The lowest BCUT2D eigenvalue weighted by atomic mass is 9.81. The molecule has 0 bridgehead atoms. The van der Waals surface area contributed by atoms with Crippen LogP contribution in [0.25, 0.3) is 0 Å². The summed E-state index contributed by atoms with van der Waals surface area (Å²) in [6, 6.07) is 3.71. The number of aromatic nitrogens is 1. The molecule has 1 aliphatic carbocycles. The molecule has 2 atom stereocenters. The average molecular weight is 329 g/mol. The van der Waals surface area contributed by atoms with Crippen molar-refractivity contribution in [2.75, 3.05) is 6.54 Å². The standard InChI is InChI=1S/C15H21ClN2O2S/c1-2-8-18-15(14(19)20)7-3-4-12(9-15)21-13-6-5-11(16)10-17-13/h5-6,10,12,18H,2-4,7-9H2,1H3,(H,19,20). The summed E-state index contributed by atoms with van der Waals surface area (Å²) in [6.45, 7) is 2.79. The Balaban J connectivity index is 2.04. The van der Waals surface area contributed by atoms with Gasteiger partial charge in [-0.2, -0.15) is 0 Å². The van der Waals surface area contributed by atoms with Crippen molar-refractivity contribution in [2.45, 2.75) is 54.8 Å². The molecule has 4 nitrogen and oxygen atoms in total. The Bertz CT molecular complexity index is 483. The molecule has 1 heterocycles. The number of hydrogen-bond donors (Lipinski definition) is 2. The molecule has 2 N–H and O–H groups in total. The van der Waals surface area contributed by atoms with Gasteiger partial charge in [0.15, 0.2) is 0 Å². The van der Waals surface area contributed by atoms with E-state index in [4.69, 9.17) is 11.6 Å². The number of carboxylic acid groups (broad SMARTS) is 1. The van der Waals surface area contributed by atoms with Crippen LogP contribution in [-0.4, -0.2) is 33.4 Å². The lowest BCUT2D eigenvalue weighted by molar-refractivity contribution is -0.146. The smallest absolute Gasteiger partial charge is 0.323 e. The van der Waals surface area contributed by atoms with Crippen LogP contribution >= 0.6 is 23.4 Å². The van der Waals surface area contributed by atoms with Gasteiger partial charge in [0.1, 0.15) is 5.54 Å². The fourth-order valence-corrected chi connectivity index (χ4v) is 4.09. The van der Waals surface area contributed by atoms with Gasteiger partial charge in [0, 0.05) is 11.4 Å². The number of hydrogen-bond acceptors (Lipinski definition) is 4. The third-order valence-electron chi connectivity index (χ3n) is 3.82. The number of aliphatic carboxylic acids is 1. The molecule has 21 heavy (non-hydrogen) atoms. The van der Waals surface area contributed by atoms with E-state index in [1.165, 1.54) is 0 Å². The van der Waals surface area contributed by atoms with Crippen molar-refractivity contribution in [1.29, 1.82) is 0 Å². The quantitative estimate of drug-likeness (QED) is 0.835. The summed E-state index contributed by atoms with van der Waals surface area (Å²) in [5.74, 6) is -0.731. The highest BCUT2D eigenvalue weighted by Crippen LogP contribution is 2.38. The minimum absolute atomic E-state index is 0.271. The SMILES string of the molecule is CCCNC1(C(=O)O)CCCC(Sc2ccc(Cl)cn2)C1. The zero-order valence-electron chi connectivity index (χ0n) is 12.1. The Labute approximate surface area is 134 Å². The van der Waals surface area contributed by atoms with Crippen molar-refractivity contribution in [3.63, 3.8) is 0 Å². The number of nitrogens with zero attached hydrogens (tertiary/aromatic N) is 1. The summed E-state index contributed by atoms with van der Waals surface area (Å²) in [5, 5.41) is 14.7. The molecular formula is C15H21ClN2O2S. The van der Waals surface area contributed by atoms with Gasteiger partial charge in [-0.05, 0) is 50.8 Å². The molecule has 1 aromatic heterocycles. The number of thioether (sulfide) groups is 1. The monoisotopic (exact) mass is 328 g/mol. The minimum atomic E-state index is -0.779. The predicted octanol–water partition coefficient (Wildman–Crippen LogP) is 3.59. The summed E-state index contributed by atoms with van der Waals surface area (Å²) in [6.07, 6.45) is 5.86. The molecule has 0 amide bonds. The van der Waals surface area contributed by atoms with Crippen LogP contribution in [0, 0.1) is 0 Å². The third-order valence-corrected chi connectivity index (χ3v) is 5.26. The molecule has 116 valence electrons. The number of pyridine rings is 1. The van der Waals surface area contributed by atoms with Gasteiger partial charge in [-0.15, -0.1) is 11.8 Å². The predicted molar refractivity (Wildman–Crippen MR) is 86.0 cm³/mol. The Morgan fingerprint density at radius 1 is 1.62 bits per heavy atom. The minimum Gasteiger partial charge on any atom is -0.480 e. The van der Waals surface area contributed by atoms with Crippen molar-refractivity contribution in [3.8, 4) is 0 Å². The van der Waals surface area contributed by atoms with Gasteiger partial charge in [-0.3, -0.25) is 4.79 Å². The maximum Gasteiger partial charge on any atom is 0.323 e. The average Bonchev–Trinajstić information content (AvgIpc) is 2.48. The summed E-state index contributed by atoms with van der Waals surface area (Å²) < 4.78 is 0. The molecule has 0 radical (unpaired) electrons. The topological polar surface area (TPSA) is 62.2 Å². The molecule has 0 aromatic carbocycles. The second-order valence-electron chi connectivity index (χ2n) is 5.46. The highest BCUT2D eigenvalue weighted by atomic mass is 35.5. The zero-order chi connectivity index (χ0) is 15.3.